The highest BCUT2D eigenvalue weighted by Gasteiger charge is 2.27. The lowest BCUT2D eigenvalue weighted by Gasteiger charge is -2.24. The Balaban J connectivity index is 3.95. The van der Waals surface area contributed by atoms with Gasteiger partial charge in [0.25, 0.3) is 0 Å². The van der Waals surface area contributed by atoms with Crippen LogP contribution in [0.1, 0.15) is 290 Å². The molecule has 69 heavy (non-hydrogen) atoms. The Kier molecular flexibility index (Phi) is 50.3. The second-order valence-electron chi connectivity index (χ2n) is 21.4. The first-order valence-corrected chi connectivity index (χ1v) is 31.1. The summed E-state index contributed by atoms with van der Waals surface area (Å²) in [6.07, 6.45) is 61.2. The molecule has 408 valence electrons. The number of carbonyl (C=O) groups excluding carboxylic acids is 2. The number of phosphoric acid groups is 1. The number of hydrogen-bond donors (Lipinski definition) is 1. The summed E-state index contributed by atoms with van der Waals surface area (Å²) in [6.45, 7) is 4.46. The number of allylic oxidation sites excluding steroid dienone is 4. The summed E-state index contributed by atoms with van der Waals surface area (Å²) in [5.41, 5.74) is 0. The Hall–Kier alpha value is -1.51. The zero-order chi connectivity index (χ0) is 50.6. The summed E-state index contributed by atoms with van der Waals surface area (Å²) < 4.78 is 34.5. The maximum atomic E-state index is 12.8. The molecule has 0 bridgehead atoms. The molecule has 0 spiro atoms. The van der Waals surface area contributed by atoms with Crippen LogP contribution in [0.15, 0.2) is 24.3 Å². The molecule has 0 aliphatic carbocycles. The molecule has 1 N–H and O–H groups in total. The van der Waals surface area contributed by atoms with Gasteiger partial charge in [-0.15, -0.1) is 0 Å². The highest BCUT2D eigenvalue weighted by atomic mass is 31.2. The van der Waals surface area contributed by atoms with E-state index in [0.717, 1.165) is 38.5 Å². The minimum atomic E-state index is -4.38. The van der Waals surface area contributed by atoms with Crippen LogP contribution in [0, 0.1) is 0 Å². The number of likely N-dealkylation sites (N-methyl/N-ethyl adjacent to an activating group) is 1. The zero-order valence-electron chi connectivity index (χ0n) is 46.3. The van der Waals surface area contributed by atoms with Gasteiger partial charge in [0, 0.05) is 12.8 Å². The fourth-order valence-corrected chi connectivity index (χ4v) is 9.38. The van der Waals surface area contributed by atoms with E-state index in [1.54, 1.807) is 0 Å². The molecule has 0 heterocycles. The summed E-state index contributed by atoms with van der Waals surface area (Å²) in [6, 6.07) is 0. The van der Waals surface area contributed by atoms with Crippen LogP contribution in [-0.4, -0.2) is 74.9 Å². The monoisotopic (exact) mass is 997 g/mol. The average molecular weight is 998 g/mol. The largest absolute Gasteiger partial charge is 0.472 e. The molecule has 0 aromatic heterocycles. The van der Waals surface area contributed by atoms with Crippen molar-refractivity contribution in [3.05, 3.63) is 24.3 Å². The molecule has 0 rings (SSSR count). The van der Waals surface area contributed by atoms with E-state index in [4.69, 9.17) is 18.5 Å². The van der Waals surface area contributed by atoms with Gasteiger partial charge < -0.3 is 18.9 Å². The maximum absolute atomic E-state index is 12.8. The number of esters is 2. The minimum Gasteiger partial charge on any atom is -0.462 e. The molecule has 0 saturated heterocycles. The first-order chi connectivity index (χ1) is 33.5. The van der Waals surface area contributed by atoms with Gasteiger partial charge in [-0.1, -0.05) is 256 Å². The van der Waals surface area contributed by atoms with Crippen LogP contribution in [0.3, 0.4) is 0 Å². The molecule has 0 radical (unpaired) electrons. The molecular weight excluding hydrogens is 882 g/mol. The van der Waals surface area contributed by atoms with Gasteiger partial charge in [-0.2, -0.15) is 0 Å². The van der Waals surface area contributed by atoms with Crippen LogP contribution in [0.4, 0.5) is 0 Å². The van der Waals surface area contributed by atoms with Gasteiger partial charge in [-0.25, -0.2) is 4.57 Å². The van der Waals surface area contributed by atoms with E-state index < -0.39 is 26.5 Å². The van der Waals surface area contributed by atoms with Gasteiger partial charge in [0.2, 0.25) is 0 Å². The van der Waals surface area contributed by atoms with E-state index in [1.165, 1.54) is 218 Å². The summed E-state index contributed by atoms with van der Waals surface area (Å²) in [5.74, 6) is -0.782. The number of carbonyl (C=O) groups is 2. The molecule has 0 aromatic rings. The minimum absolute atomic E-state index is 0.0355. The van der Waals surface area contributed by atoms with Gasteiger partial charge >= 0.3 is 19.8 Å². The number of ether oxygens (including phenoxy) is 2. The maximum Gasteiger partial charge on any atom is 0.472 e. The fourth-order valence-electron chi connectivity index (χ4n) is 8.64. The van der Waals surface area contributed by atoms with E-state index in [0.29, 0.717) is 23.9 Å². The Morgan fingerprint density at radius 2 is 0.783 bits per heavy atom. The van der Waals surface area contributed by atoms with Crippen LogP contribution in [0.5, 0.6) is 0 Å². The second kappa shape index (κ2) is 51.4. The quantitative estimate of drug-likeness (QED) is 0.0211. The predicted octanol–water partition coefficient (Wildman–Crippen LogP) is 18.2. The number of hydrogen-bond acceptors (Lipinski definition) is 7. The normalized spacial score (nSPS) is 13.4. The Morgan fingerprint density at radius 1 is 0.449 bits per heavy atom. The Labute approximate surface area is 428 Å². The molecule has 2 atom stereocenters. The van der Waals surface area contributed by atoms with Gasteiger partial charge in [0.05, 0.1) is 27.7 Å². The van der Waals surface area contributed by atoms with Crippen molar-refractivity contribution in [3.63, 3.8) is 0 Å². The molecule has 0 amide bonds. The second-order valence-corrected chi connectivity index (χ2v) is 22.8. The molecule has 0 aliphatic rings. The standard InChI is InChI=1S/C59H114NO8P/c1-6-8-10-12-14-16-18-20-21-22-23-24-25-26-27-28-29-30-31-32-33-34-35-36-37-38-39-40-42-44-46-48-50-52-59(62)68-57(56-67-69(63,64)66-54-53-60(3,4)5)55-65-58(61)51-49-47-45-43-41-19-17-15-13-11-9-7-2/h18,20,22-23,57H,6-17,19,21,24-56H2,1-5H3/p+1/b20-18-,23-22-. The van der Waals surface area contributed by atoms with Crippen molar-refractivity contribution in [1.29, 1.82) is 0 Å². The van der Waals surface area contributed by atoms with E-state index in [2.05, 4.69) is 38.2 Å². The molecule has 9 nitrogen and oxygen atoms in total. The topological polar surface area (TPSA) is 108 Å². The Bertz CT molecular complexity index is 1220. The van der Waals surface area contributed by atoms with Crippen LogP contribution in [0.25, 0.3) is 0 Å². The molecule has 0 aromatic carbocycles. The van der Waals surface area contributed by atoms with Crippen molar-refractivity contribution in [2.75, 3.05) is 47.5 Å². The van der Waals surface area contributed by atoms with Crippen molar-refractivity contribution >= 4 is 19.8 Å². The summed E-state index contributed by atoms with van der Waals surface area (Å²) in [5, 5.41) is 0. The van der Waals surface area contributed by atoms with Gasteiger partial charge in [0.1, 0.15) is 19.8 Å². The number of nitrogens with zero attached hydrogens (tertiary/aromatic N) is 1. The Morgan fingerprint density at radius 3 is 1.14 bits per heavy atom. The lowest BCUT2D eigenvalue weighted by molar-refractivity contribution is -0.870. The summed E-state index contributed by atoms with van der Waals surface area (Å²) >= 11 is 0. The third kappa shape index (κ3) is 55.7. The highest BCUT2D eigenvalue weighted by molar-refractivity contribution is 7.47. The molecule has 10 heteroatoms. The molecule has 0 fully saturated rings. The lowest BCUT2D eigenvalue weighted by Crippen LogP contribution is -2.37. The zero-order valence-corrected chi connectivity index (χ0v) is 47.2. The molecule has 2 unspecified atom stereocenters. The van der Waals surface area contributed by atoms with Crippen LogP contribution < -0.4 is 0 Å². The average Bonchev–Trinajstić information content (AvgIpc) is 3.31. The van der Waals surface area contributed by atoms with Crippen molar-refractivity contribution in [3.8, 4) is 0 Å². The van der Waals surface area contributed by atoms with Crippen molar-refractivity contribution in [2.45, 2.75) is 296 Å². The van der Waals surface area contributed by atoms with E-state index in [1.807, 2.05) is 21.1 Å². The number of quaternary nitrogens is 1. The number of rotatable bonds is 55. The SMILES string of the molecule is CCCCCCC/C=C\C/C=C\CCCCCCCCCCCCCCCCCCCCCCCC(=O)OC(COC(=O)CCCCCCCCCCCCCC)COP(=O)(O)OCC[N+](C)(C)C. The number of phosphoric ester groups is 1. The third-order valence-electron chi connectivity index (χ3n) is 13.2. The van der Waals surface area contributed by atoms with Crippen molar-refractivity contribution in [2.24, 2.45) is 0 Å². The van der Waals surface area contributed by atoms with Crippen molar-refractivity contribution in [1.82, 2.24) is 0 Å². The summed E-state index contributed by atoms with van der Waals surface area (Å²) in [7, 11) is 1.49. The highest BCUT2D eigenvalue weighted by Crippen LogP contribution is 2.43. The van der Waals surface area contributed by atoms with Crippen LogP contribution >= 0.6 is 7.82 Å². The van der Waals surface area contributed by atoms with Gasteiger partial charge in [0.15, 0.2) is 6.10 Å². The van der Waals surface area contributed by atoms with Gasteiger partial charge in [-0.05, 0) is 44.9 Å². The van der Waals surface area contributed by atoms with E-state index in [-0.39, 0.29) is 25.6 Å². The first-order valence-electron chi connectivity index (χ1n) is 29.6. The van der Waals surface area contributed by atoms with Crippen LogP contribution in [0.2, 0.25) is 0 Å². The first kappa shape index (κ1) is 67.5. The predicted molar refractivity (Wildman–Crippen MR) is 294 cm³/mol. The molecular formula is C59H115NO8P+. The van der Waals surface area contributed by atoms with E-state index in [9.17, 15) is 19.0 Å². The van der Waals surface area contributed by atoms with E-state index >= 15 is 0 Å². The molecule has 0 aliphatic heterocycles. The lowest BCUT2D eigenvalue weighted by atomic mass is 10.0. The number of unbranched alkanes of at least 4 members (excludes halogenated alkanes) is 37. The van der Waals surface area contributed by atoms with Gasteiger partial charge in [-0.3, -0.25) is 18.6 Å². The summed E-state index contributed by atoms with van der Waals surface area (Å²) in [4.78, 5) is 35.6. The third-order valence-corrected chi connectivity index (χ3v) is 14.2. The molecule has 0 saturated carbocycles. The smallest absolute Gasteiger partial charge is 0.462 e. The van der Waals surface area contributed by atoms with Crippen LogP contribution in [-0.2, 0) is 32.7 Å². The fraction of sp³-hybridized carbons (Fsp3) is 0.898. The van der Waals surface area contributed by atoms with Crippen molar-refractivity contribution < 1.29 is 42.1 Å².